The summed E-state index contributed by atoms with van der Waals surface area (Å²) in [4.78, 5) is 21.1. The van der Waals surface area contributed by atoms with Gasteiger partial charge in [-0.05, 0) is 24.6 Å². The van der Waals surface area contributed by atoms with Crippen LogP contribution in [0.5, 0.6) is 0 Å². The summed E-state index contributed by atoms with van der Waals surface area (Å²) in [5.41, 5.74) is 0.932. The molecule has 0 saturated carbocycles. The molecule has 0 radical (unpaired) electrons. The third-order valence-electron chi connectivity index (χ3n) is 2.01. The van der Waals surface area contributed by atoms with Crippen LogP contribution >= 0.6 is 0 Å². The molecule has 0 bridgehead atoms. The van der Waals surface area contributed by atoms with Crippen LogP contribution in [0.15, 0.2) is 24.3 Å². The van der Waals surface area contributed by atoms with Crippen LogP contribution in [-0.2, 0) is 4.79 Å². The molecule has 0 heterocycles. The summed E-state index contributed by atoms with van der Waals surface area (Å²) in [6.07, 6.45) is -1.17. The Labute approximate surface area is 86.4 Å². The Morgan fingerprint density at radius 2 is 2.00 bits per heavy atom. The summed E-state index contributed by atoms with van der Waals surface area (Å²) >= 11 is 0. The highest BCUT2D eigenvalue weighted by Gasteiger charge is 2.13. The minimum absolute atomic E-state index is 0.369. The fourth-order valence-corrected chi connectivity index (χ4v) is 1.15. The molecular formula is C10H11NO4. The van der Waals surface area contributed by atoms with Gasteiger partial charge in [0.1, 0.15) is 0 Å². The van der Waals surface area contributed by atoms with Crippen molar-refractivity contribution in [3.05, 3.63) is 29.8 Å². The predicted molar refractivity (Wildman–Crippen MR) is 54.1 cm³/mol. The molecule has 1 aromatic rings. The van der Waals surface area contributed by atoms with Gasteiger partial charge in [0, 0.05) is 5.69 Å². The summed E-state index contributed by atoms with van der Waals surface area (Å²) in [5, 5.41) is 19.4. The Morgan fingerprint density at radius 3 is 2.53 bits per heavy atom. The second kappa shape index (κ2) is 4.45. The quantitative estimate of drug-likeness (QED) is 0.710. The van der Waals surface area contributed by atoms with Gasteiger partial charge >= 0.3 is 12.1 Å². The van der Waals surface area contributed by atoms with E-state index in [4.69, 9.17) is 10.2 Å². The van der Waals surface area contributed by atoms with Crippen molar-refractivity contribution < 1.29 is 19.8 Å². The number of hydrogen-bond donors (Lipinski definition) is 3. The van der Waals surface area contributed by atoms with E-state index in [9.17, 15) is 9.59 Å². The van der Waals surface area contributed by atoms with E-state index in [2.05, 4.69) is 5.32 Å². The number of aliphatic carboxylic acids is 1. The van der Waals surface area contributed by atoms with Gasteiger partial charge in [-0.3, -0.25) is 10.1 Å². The number of nitrogens with one attached hydrogen (secondary N) is 1. The third kappa shape index (κ3) is 2.98. The Bertz CT molecular complexity index is 389. The fourth-order valence-electron chi connectivity index (χ4n) is 1.15. The van der Waals surface area contributed by atoms with Crippen molar-refractivity contribution in [3.63, 3.8) is 0 Å². The zero-order valence-corrected chi connectivity index (χ0v) is 8.10. The lowest BCUT2D eigenvalue weighted by Gasteiger charge is -2.08. The van der Waals surface area contributed by atoms with Crippen molar-refractivity contribution in [2.75, 3.05) is 5.32 Å². The van der Waals surface area contributed by atoms with Crippen LogP contribution in [0, 0.1) is 0 Å². The Balaban J connectivity index is 2.92. The maximum atomic E-state index is 10.7. The first-order valence-corrected chi connectivity index (χ1v) is 4.33. The number of hydrogen-bond acceptors (Lipinski definition) is 2. The van der Waals surface area contributed by atoms with Gasteiger partial charge in [-0.1, -0.05) is 12.1 Å². The van der Waals surface area contributed by atoms with E-state index < -0.39 is 18.0 Å². The van der Waals surface area contributed by atoms with Crippen molar-refractivity contribution in [3.8, 4) is 0 Å². The summed E-state index contributed by atoms with van der Waals surface area (Å²) in [5.74, 6) is -1.59. The van der Waals surface area contributed by atoms with Gasteiger partial charge in [0.15, 0.2) is 0 Å². The normalized spacial score (nSPS) is 11.8. The number of carboxylic acids is 1. The molecule has 1 unspecified atom stereocenters. The smallest absolute Gasteiger partial charge is 0.409 e. The first-order valence-electron chi connectivity index (χ1n) is 4.33. The summed E-state index contributed by atoms with van der Waals surface area (Å²) in [7, 11) is 0. The van der Waals surface area contributed by atoms with Crippen LogP contribution in [0.2, 0.25) is 0 Å². The molecule has 5 nitrogen and oxygen atoms in total. The molecule has 1 aromatic carbocycles. The van der Waals surface area contributed by atoms with Crippen LogP contribution < -0.4 is 5.32 Å². The fraction of sp³-hybridized carbons (Fsp3) is 0.200. The van der Waals surface area contributed by atoms with Gasteiger partial charge < -0.3 is 10.2 Å². The van der Waals surface area contributed by atoms with Crippen molar-refractivity contribution in [1.29, 1.82) is 0 Å². The molecule has 0 spiro atoms. The molecule has 0 aromatic heterocycles. The molecule has 1 atom stereocenters. The SMILES string of the molecule is CC(C(=O)O)c1cccc(NC(=O)O)c1. The van der Waals surface area contributed by atoms with Gasteiger partial charge in [0.05, 0.1) is 5.92 Å². The number of anilines is 1. The van der Waals surface area contributed by atoms with Crippen molar-refractivity contribution in [2.24, 2.45) is 0 Å². The summed E-state index contributed by atoms with van der Waals surface area (Å²) < 4.78 is 0. The molecule has 80 valence electrons. The van der Waals surface area contributed by atoms with Crippen LogP contribution in [0.3, 0.4) is 0 Å². The topological polar surface area (TPSA) is 86.6 Å². The van der Waals surface area contributed by atoms with E-state index in [0.29, 0.717) is 11.3 Å². The Kier molecular flexibility index (Phi) is 3.28. The number of rotatable bonds is 3. The van der Waals surface area contributed by atoms with Crippen molar-refractivity contribution in [1.82, 2.24) is 0 Å². The molecule has 1 rings (SSSR count). The lowest BCUT2D eigenvalue weighted by molar-refractivity contribution is -0.138. The zero-order valence-electron chi connectivity index (χ0n) is 8.10. The van der Waals surface area contributed by atoms with Crippen LogP contribution in [-0.4, -0.2) is 22.3 Å². The first kappa shape index (κ1) is 11.0. The average Bonchev–Trinajstić information content (AvgIpc) is 2.16. The van der Waals surface area contributed by atoms with Gasteiger partial charge in [-0.2, -0.15) is 0 Å². The highest BCUT2D eigenvalue weighted by molar-refractivity contribution is 5.83. The molecule has 0 saturated heterocycles. The minimum atomic E-state index is -1.17. The lowest BCUT2D eigenvalue weighted by atomic mass is 10.0. The summed E-state index contributed by atoms with van der Waals surface area (Å²) in [6, 6.07) is 6.32. The molecular weight excluding hydrogens is 198 g/mol. The zero-order chi connectivity index (χ0) is 11.4. The van der Waals surface area contributed by atoms with E-state index in [-0.39, 0.29) is 0 Å². The second-order valence-corrected chi connectivity index (χ2v) is 3.12. The monoisotopic (exact) mass is 209 g/mol. The molecule has 0 aliphatic carbocycles. The predicted octanol–water partition coefficient (Wildman–Crippen LogP) is 1.96. The standard InChI is InChI=1S/C10H11NO4/c1-6(9(12)13)7-3-2-4-8(5-7)11-10(14)15/h2-6,11H,1H3,(H,12,13)(H,14,15). The summed E-state index contributed by atoms with van der Waals surface area (Å²) in [6.45, 7) is 1.54. The van der Waals surface area contributed by atoms with Gasteiger partial charge in [-0.25, -0.2) is 4.79 Å². The molecule has 0 aliphatic rings. The average molecular weight is 209 g/mol. The lowest BCUT2D eigenvalue weighted by Crippen LogP contribution is -2.10. The number of carboxylic acid groups (broad SMARTS) is 2. The van der Waals surface area contributed by atoms with Crippen molar-refractivity contribution >= 4 is 17.7 Å². The molecule has 3 N–H and O–H groups in total. The maximum absolute atomic E-state index is 10.7. The highest BCUT2D eigenvalue weighted by Crippen LogP contribution is 2.19. The molecule has 0 aliphatic heterocycles. The van der Waals surface area contributed by atoms with E-state index in [1.54, 1.807) is 25.1 Å². The molecule has 15 heavy (non-hydrogen) atoms. The van der Waals surface area contributed by atoms with Crippen molar-refractivity contribution in [2.45, 2.75) is 12.8 Å². The second-order valence-electron chi connectivity index (χ2n) is 3.12. The first-order chi connectivity index (χ1) is 7.00. The third-order valence-corrected chi connectivity index (χ3v) is 2.01. The Morgan fingerprint density at radius 1 is 1.33 bits per heavy atom. The number of carbonyl (C=O) groups is 2. The van der Waals surface area contributed by atoms with Gasteiger partial charge in [0.2, 0.25) is 0 Å². The van der Waals surface area contributed by atoms with Crippen LogP contribution in [0.1, 0.15) is 18.4 Å². The molecule has 1 amide bonds. The Hall–Kier alpha value is -2.04. The maximum Gasteiger partial charge on any atom is 0.409 e. The van der Waals surface area contributed by atoms with E-state index in [1.165, 1.54) is 6.07 Å². The highest BCUT2D eigenvalue weighted by atomic mass is 16.4. The van der Waals surface area contributed by atoms with Crippen LogP contribution in [0.4, 0.5) is 10.5 Å². The van der Waals surface area contributed by atoms with Gasteiger partial charge in [-0.15, -0.1) is 0 Å². The molecule has 0 fully saturated rings. The van der Waals surface area contributed by atoms with E-state index in [1.807, 2.05) is 0 Å². The van der Waals surface area contributed by atoms with E-state index >= 15 is 0 Å². The van der Waals surface area contributed by atoms with E-state index in [0.717, 1.165) is 0 Å². The molecule has 5 heteroatoms. The van der Waals surface area contributed by atoms with Crippen LogP contribution in [0.25, 0.3) is 0 Å². The number of benzene rings is 1. The van der Waals surface area contributed by atoms with Gasteiger partial charge in [0.25, 0.3) is 0 Å². The minimum Gasteiger partial charge on any atom is -0.481 e. The largest absolute Gasteiger partial charge is 0.481 e. The number of amides is 1.